The fraction of sp³-hybridized carbons (Fsp3) is 0.556. The first-order chi connectivity index (χ1) is 13.5. The molecule has 3 aromatic heterocycles. The third-order valence-corrected chi connectivity index (χ3v) is 6.93. The second kappa shape index (κ2) is 10.00. The zero-order valence-corrected chi connectivity index (χ0v) is 19.8. The lowest BCUT2D eigenvalue weighted by Crippen LogP contribution is -2.23. The minimum atomic E-state index is 0.256. The van der Waals surface area contributed by atoms with Crippen molar-refractivity contribution < 1.29 is 4.42 Å². The highest BCUT2D eigenvalue weighted by atomic mass is 79.9. The van der Waals surface area contributed by atoms with Crippen LogP contribution < -0.4 is 0 Å². The van der Waals surface area contributed by atoms with Gasteiger partial charge in [-0.3, -0.25) is 4.90 Å². The number of unbranched alkanes of at least 4 members (excludes halogenated alkanes) is 1. The van der Waals surface area contributed by atoms with Crippen LogP contribution >= 0.6 is 39.0 Å². The molecular weight excluding hydrogens is 460 g/mol. The van der Waals surface area contributed by atoms with Crippen molar-refractivity contribution in [2.24, 2.45) is 0 Å². The zero-order valence-electron chi connectivity index (χ0n) is 16.6. The Balaban J connectivity index is 1.75. The molecule has 0 unspecified atom stereocenters. The molecule has 0 amide bonds. The average Bonchev–Trinajstić information content (AvgIpc) is 3.39. The Morgan fingerprint density at radius 2 is 2.04 bits per heavy atom. The predicted molar refractivity (Wildman–Crippen MR) is 117 cm³/mol. The molecule has 10 heteroatoms. The number of thiophene rings is 1. The van der Waals surface area contributed by atoms with E-state index in [1.807, 2.05) is 12.1 Å². The Kier molecular flexibility index (Phi) is 7.67. The standard InChI is InChI=1S/C18H25BrN6OS2/c1-5-7-10-25-16(12(6-2)24(3)4)21-23-18(25)27-11-15-20-22-17(26-15)13-8-9-14(19)28-13/h8-9,12H,5-7,10-11H2,1-4H3/t12-/m1/s1. The van der Waals surface area contributed by atoms with E-state index in [1.165, 1.54) is 0 Å². The number of rotatable bonds is 10. The Hall–Kier alpha value is -1.23. The van der Waals surface area contributed by atoms with Gasteiger partial charge >= 0.3 is 0 Å². The first kappa shape index (κ1) is 21.5. The van der Waals surface area contributed by atoms with Gasteiger partial charge in [-0.1, -0.05) is 32.0 Å². The third-order valence-electron chi connectivity index (χ3n) is 4.36. The summed E-state index contributed by atoms with van der Waals surface area (Å²) in [6.07, 6.45) is 3.22. The Morgan fingerprint density at radius 1 is 1.21 bits per heavy atom. The number of nitrogens with zero attached hydrogens (tertiary/aromatic N) is 6. The summed E-state index contributed by atoms with van der Waals surface area (Å²) in [7, 11) is 4.17. The van der Waals surface area contributed by atoms with Gasteiger partial charge in [0.1, 0.15) is 0 Å². The highest BCUT2D eigenvalue weighted by molar-refractivity contribution is 9.11. The van der Waals surface area contributed by atoms with Crippen molar-refractivity contribution in [3.63, 3.8) is 0 Å². The summed E-state index contributed by atoms with van der Waals surface area (Å²) >= 11 is 6.63. The van der Waals surface area contributed by atoms with Crippen LogP contribution in [-0.4, -0.2) is 44.0 Å². The van der Waals surface area contributed by atoms with E-state index in [-0.39, 0.29) is 6.04 Å². The van der Waals surface area contributed by atoms with Gasteiger partial charge in [-0.2, -0.15) is 0 Å². The molecule has 0 aromatic carbocycles. The van der Waals surface area contributed by atoms with Crippen molar-refractivity contribution in [2.45, 2.75) is 56.6 Å². The van der Waals surface area contributed by atoms with Gasteiger partial charge in [0.2, 0.25) is 5.89 Å². The van der Waals surface area contributed by atoms with Gasteiger partial charge in [-0.05, 0) is 55.0 Å². The van der Waals surface area contributed by atoms with Crippen LogP contribution in [-0.2, 0) is 12.3 Å². The smallest absolute Gasteiger partial charge is 0.257 e. The maximum atomic E-state index is 5.82. The van der Waals surface area contributed by atoms with Crippen molar-refractivity contribution in [1.29, 1.82) is 0 Å². The maximum Gasteiger partial charge on any atom is 0.257 e. The maximum absolute atomic E-state index is 5.82. The third kappa shape index (κ3) is 5.03. The molecule has 0 fully saturated rings. The molecular formula is C18H25BrN6OS2. The first-order valence-electron chi connectivity index (χ1n) is 9.33. The van der Waals surface area contributed by atoms with E-state index in [0.29, 0.717) is 17.5 Å². The van der Waals surface area contributed by atoms with Crippen LogP contribution in [0.1, 0.15) is 50.9 Å². The Labute approximate surface area is 182 Å². The molecule has 7 nitrogen and oxygen atoms in total. The summed E-state index contributed by atoms with van der Waals surface area (Å²) in [5.74, 6) is 2.75. The van der Waals surface area contributed by atoms with Gasteiger partial charge in [-0.25, -0.2) is 0 Å². The molecule has 1 atom stereocenters. The van der Waals surface area contributed by atoms with Crippen LogP contribution in [0.5, 0.6) is 0 Å². The number of thioether (sulfide) groups is 1. The molecule has 0 bridgehead atoms. The number of hydrogen-bond acceptors (Lipinski definition) is 8. The van der Waals surface area contributed by atoms with E-state index in [1.54, 1.807) is 23.1 Å². The number of aromatic nitrogens is 5. The van der Waals surface area contributed by atoms with E-state index in [0.717, 1.165) is 45.5 Å². The van der Waals surface area contributed by atoms with Crippen molar-refractivity contribution >= 4 is 39.0 Å². The van der Waals surface area contributed by atoms with Crippen LogP contribution in [0.25, 0.3) is 10.8 Å². The molecule has 0 saturated heterocycles. The Morgan fingerprint density at radius 3 is 2.68 bits per heavy atom. The molecule has 3 aromatic rings. The molecule has 0 aliphatic rings. The quantitative estimate of drug-likeness (QED) is 0.363. The van der Waals surface area contributed by atoms with Gasteiger partial charge in [0, 0.05) is 6.54 Å². The summed E-state index contributed by atoms with van der Waals surface area (Å²) < 4.78 is 9.11. The van der Waals surface area contributed by atoms with Gasteiger partial charge in [0.25, 0.3) is 5.89 Å². The normalized spacial score (nSPS) is 12.8. The summed E-state index contributed by atoms with van der Waals surface area (Å²) in [5.41, 5.74) is 0. The molecule has 0 saturated carbocycles. The summed E-state index contributed by atoms with van der Waals surface area (Å²) in [6.45, 7) is 5.30. The molecule has 152 valence electrons. The Bertz CT molecular complexity index is 890. The molecule has 0 radical (unpaired) electrons. The lowest BCUT2D eigenvalue weighted by Gasteiger charge is -2.23. The van der Waals surface area contributed by atoms with Crippen molar-refractivity contribution in [1.82, 2.24) is 29.9 Å². The molecule has 0 N–H and O–H groups in total. The van der Waals surface area contributed by atoms with Crippen LogP contribution in [0, 0.1) is 0 Å². The van der Waals surface area contributed by atoms with Gasteiger partial charge in [0.05, 0.1) is 20.5 Å². The second-order valence-electron chi connectivity index (χ2n) is 6.63. The second-order valence-corrected chi connectivity index (χ2v) is 10.0. The molecule has 3 heterocycles. The molecule has 3 rings (SSSR count). The monoisotopic (exact) mass is 484 g/mol. The van der Waals surface area contributed by atoms with Crippen molar-refractivity contribution in [3.05, 3.63) is 27.6 Å². The highest BCUT2D eigenvalue weighted by Gasteiger charge is 2.22. The minimum Gasteiger partial charge on any atom is -0.419 e. The molecule has 0 aliphatic carbocycles. The van der Waals surface area contributed by atoms with Crippen LogP contribution in [0.15, 0.2) is 25.5 Å². The fourth-order valence-corrected chi connectivity index (χ4v) is 5.04. The molecule has 0 spiro atoms. The lowest BCUT2D eigenvalue weighted by molar-refractivity contribution is 0.270. The van der Waals surface area contributed by atoms with Crippen molar-refractivity contribution in [2.75, 3.05) is 14.1 Å². The number of halogens is 1. The SMILES string of the molecule is CCCCn1c(SCc2nnc(-c3ccc(Br)s3)o2)nnc1[C@@H](CC)N(C)C. The number of hydrogen-bond donors (Lipinski definition) is 0. The van der Waals surface area contributed by atoms with Gasteiger partial charge in [0.15, 0.2) is 11.0 Å². The van der Waals surface area contributed by atoms with E-state index in [4.69, 9.17) is 4.42 Å². The lowest BCUT2D eigenvalue weighted by atomic mass is 10.2. The summed E-state index contributed by atoms with van der Waals surface area (Å²) in [5, 5.41) is 18.2. The van der Waals surface area contributed by atoms with E-state index in [2.05, 4.69) is 73.7 Å². The minimum absolute atomic E-state index is 0.256. The first-order valence-corrected chi connectivity index (χ1v) is 11.9. The predicted octanol–water partition coefficient (Wildman–Crippen LogP) is 5.26. The molecule has 28 heavy (non-hydrogen) atoms. The van der Waals surface area contributed by atoms with E-state index < -0.39 is 0 Å². The van der Waals surface area contributed by atoms with Crippen LogP contribution in [0.3, 0.4) is 0 Å². The van der Waals surface area contributed by atoms with Crippen molar-refractivity contribution in [3.8, 4) is 10.8 Å². The fourth-order valence-electron chi connectivity index (χ4n) is 2.93. The van der Waals surface area contributed by atoms with Gasteiger partial charge in [-0.15, -0.1) is 31.7 Å². The summed E-state index contributed by atoms with van der Waals surface area (Å²) in [4.78, 5) is 3.16. The molecule has 0 aliphatic heterocycles. The van der Waals surface area contributed by atoms with E-state index in [9.17, 15) is 0 Å². The topological polar surface area (TPSA) is 72.9 Å². The highest BCUT2D eigenvalue weighted by Crippen LogP contribution is 2.32. The average molecular weight is 485 g/mol. The van der Waals surface area contributed by atoms with Crippen LogP contribution in [0.4, 0.5) is 0 Å². The summed E-state index contributed by atoms with van der Waals surface area (Å²) in [6, 6.07) is 4.20. The van der Waals surface area contributed by atoms with Gasteiger partial charge < -0.3 is 8.98 Å². The largest absolute Gasteiger partial charge is 0.419 e. The van der Waals surface area contributed by atoms with E-state index >= 15 is 0 Å². The van der Waals surface area contributed by atoms with Crippen LogP contribution in [0.2, 0.25) is 0 Å². The zero-order chi connectivity index (χ0) is 20.1.